The smallest absolute Gasteiger partial charge is 0.193 e. The third-order valence-electron chi connectivity index (χ3n) is 4.62. The van der Waals surface area contributed by atoms with E-state index >= 15 is 0 Å². The van der Waals surface area contributed by atoms with Gasteiger partial charge in [0.15, 0.2) is 5.96 Å². The number of ether oxygens (including phenoxy) is 1. The first kappa shape index (κ1) is 21.0. The summed E-state index contributed by atoms with van der Waals surface area (Å²) in [5.41, 5.74) is 0. The van der Waals surface area contributed by atoms with Crippen LogP contribution in [0, 0.1) is 5.92 Å². The molecule has 0 aromatic heterocycles. The lowest BCUT2D eigenvalue weighted by Crippen LogP contribution is -2.41. The second-order valence-corrected chi connectivity index (χ2v) is 6.85. The molecule has 1 saturated heterocycles. The lowest BCUT2D eigenvalue weighted by Gasteiger charge is -2.26. The average molecular weight is 438 g/mol. The molecular formula is C17H35IN4O. The Bertz CT molecular complexity index is 359. The maximum Gasteiger partial charge on any atom is 0.193 e. The first-order valence-corrected chi connectivity index (χ1v) is 8.93. The van der Waals surface area contributed by atoms with Crippen molar-refractivity contribution in [3.05, 3.63) is 0 Å². The highest BCUT2D eigenvalue weighted by Gasteiger charge is 2.30. The van der Waals surface area contributed by atoms with Gasteiger partial charge in [-0.1, -0.05) is 0 Å². The van der Waals surface area contributed by atoms with Gasteiger partial charge in [-0.3, -0.25) is 9.89 Å². The minimum Gasteiger partial charge on any atom is -0.384 e. The maximum absolute atomic E-state index is 5.29. The summed E-state index contributed by atoms with van der Waals surface area (Å²) in [6.07, 6.45) is 3.94. The van der Waals surface area contributed by atoms with Crippen molar-refractivity contribution in [1.29, 1.82) is 0 Å². The molecule has 1 heterocycles. The minimum atomic E-state index is 0. The Kier molecular flexibility index (Phi) is 9.77. The van der Waals surface area contributed by atoms with Crippen molar-refractivity contribution in [2.45, 2.75) is 52.1 Å². The molecule has 5 nitrogen and oxygen atoms in total. The van der Waals surface area contributed by atoms with Crippen LogP contribution in [-0.2, 0) is 4.74 Å². The summed E-state index contributed by atoms with van der Waals surface area (Å²) in [4.78, 5) is 9.87. The van der Waals surface area contributed by atoms with Crippen molar-refractivity contribution in [3.8, 4) is 0 Å². The number of nitrogens with one attached hydrogen (secondary N) is 1. The van der Waals surface area contributed by atoms with Gasteiger partial charge in [0.1, 0.15) is 0 Å². The monoisotopic (exact) mass is 438 g/mol. The average Bonchev–Trinajstić information content (AvgIpc) is 3.21. The molecule has 1 N–H and O–H groups in total. The van der Waals surface area contributed by atoms with E-state index in [4.69, 9.17) is 9.73 Å². The molecular weight excluding hydrogens is 403 g/mol. The molecule has 0 amide bonds. The zero-order valence-corrected chi connectivity index (χ0v) is 17.6. The number of aliphatic imine (C=N–C) groups is 1. The molecule has 2 rings (SSSR count). The Balaban J connectivity index is 0.00000264. The van der Waals surface area contributed by atoms with Crippen molar-refractivity contribution in [2.75, 3.05) is 46.4 Å². The van der Waals surface area contributed by atoms with Crippen molar-refractivity contribution in [3.63, 3.8) is 0 Å². The van der Waals surface area contributed by atoms with Gasteiger partial charge in [-0.25, -0.2) is 0 Å². The zero-order valence-electron chi connectivity index (χ0n) is 15.3. The largest absolute Gasteiger partial charge is 0.384 e. The van der Waals surface area contributed by atoms with E-state index in [2.05, 4.69) is 35.9 Å². The van der Waals surface area contributed by atoms with Gasteiger partial charge in [-0.2, -0.15) is 0 Å². The van der Waals surface area contributed by atoms with Gasteiger partial charge in [0.2, 0.25) is 0 Å². The Morgan fingerprint density at radius 1 is 1.35 bits per heavy atom. The molecule has 0 bridgehead atoms. The Hall–Kier alpha value is -0.0800. The van der Waals surface area contributed by atoms with Gasteiger partial charge >= 0.3 is 0 Å². The molecule has 1 unspecified atom stereocenters. The first-order chi connectivity index (χ1) is 10.7. The molecule has 1 aliphatic carbocycles. The minimum absolute atomic E-state index is 0. The fraction of sp³-hybridized carbons (Fsp3) is 0.941. The standard InChI is InChI=1S/C17H34N4O.HI/c1-5-18-17(20-10-8-15(12-20)13-22-4)19-9-11-21(14(2)3)16-6-7-16;/h14-16H,5-13H2,1-4H3,(H,18,19);1H. The van der Waals surface area contributed by atoms with Crippen molar-refractivity contribution in [2.24, 2.45) is 10.9 Å². The van der Waals surface area contributed by atoms with Crippen LogP contribution in [0.2, 0.25) is 0 Å². The highest BCUT2D eigenvalue weighted by atomic mass is 127. The molecule has 0 spiro atoms. The van der Waals surface area contributed by atoms with E-state index in [0.29, 0.717) is 12.0 Å². The summed E-state index contributed by atoms with van der Waals surface area (Å²) in [7, 11) is 1.79. The lowest BCUT2D eigenvalue weighted by molar-refractivity contribution is 0.157. The third-order valence-corrected chi connectivity index (χ3v) is 4.62. The number of hydrogen-bond acceptors (Lipinski definition) is 3. The number of hydrogen-bond donors (Lipinski definition) is 1. The number of likely N-dealkylation sites (tertiary alicyclic amines) is 1. The van der Waals surface area contributed by atoms with Crippen LogP contribution in [-0.4, -0.2) is 74.3 Å². The second kappa shape index (κ2) is 10.7. The van der Waals surface area contributed by atoms with Crippen molar-refractivity contribution >= 4 is 29.9 Å². The number of nitrogens with zero attached hydrogens (tertiary/aromatic N) is 3. The Morgan fingerprint density at radius 2 is 2.09 bits per heavy atom. The van der Waals surface area contributed by atoms with Gasteiger partial charge in [-0.15, -0.1) is 24.0 Å². The predicted octanol–water partition coefficient (Wildman–Crippen LogP) is 2.41. The lowest BCUT2D eigenvalue weighted by atomic mass is 10.1. The van der Waals surface area contributed by atoms with Gasteiger partial charge in [0.25, 0.3) is 0 Å². The molecule has 1 saturated carbocycles. The first-order valence-electron chi connectivity index (χ1n) is 8.93. The number of methoxy groups -OCH3 is 1. The van der Waals surface area contributed by atoms with Crippen LogP contribution in [0.5, 0.6) is 0 Å². The van der Waals surface area contributed by atoms with Gasteiger partial charge in [0, 0.05) is 51.3 Å². The van der Waals surface area contributed by atoms with Crippen molar-refractivity contribution in [1.82, 2.24) is 15.1 Å². The summed E-state index contributed by atoms with van der Waals surface area (Å²) >= 11 is 0. The van der Waals surface area contributed by atoms with E-state index in [9.17, 15) is 0 Å². The molecule has 2 fully saturated rings. The highest BCUT2D eigenvalue weighted by molar-refractivity contribution is 14.0. The summed E-state index contributed by atoms with van der Waals surface area (Å²) in [5.74, 6) is 1.73. The van der Waals surface area contributed by atoms with Gasteiger partial charge < -0.3 is 15.0 Å². The normalized spacial score (nSPS) is 21.9. The predicted molar refractivity (Wildman–Crippen MR) is 108 cm³/mol. The zero-order chi connectivity index (χ0) is 15.9. The highest BCUT2D eigenvalue weighted by Crippen LogP contribution is 2.28. The van der Waals surface area contributed by atoms with E-state index in [-0.39, 0.29) is 24.0 Å². The number of guanidine groups is 1. The van der Waals surface area contributed by atoms with Gasteiger partial charge in [0.05, 0.1) is 13.2 Å². The van der Waals surface area contributed by atoms with Crippen LogP contribution in [0.25, 0.3) is 0 Å². The van der Waals surface area contributed by atoms with E-state index in [1.807, 2.05) is 0 Å². The van der Waals surface area contributed by atoms with Crippen LogP contribution < -0.4 is 5.32 Å². The fourth-order valence-corrected chi connectivity index (χ4v) is 3.36. The Morgan fingerprint density at radius 3 is 2.65 bits per heavy atom. The van der Waals surface area contributed by atoms with E-state index in [1.54, 1.807) is 7.11 Å². The summed E-state index contributed by atoms with van der Waals surface area (Å²) in [6.45, 7) is 12.6. The third kappa shape index (κ3) is 6.74. The summed E-state index contributed by atoms with van der Waals surface area (Å²) < 4.78 is 5.29. The SMILES string of the molecule is CCNC(=NCCN(C(C)C)C1CC1)N1CCC(COC)C1.I. The molecule has 23 heavy (non-hydrogen) atoms. The molecule has 0 radical (unpaired) electrons. The molecule has 0 aromatic carbocycles. The van der Waals surface area contributed by atoms with Crippen LogP contribution in [0.4, 0.5) is 0 Å². The summed E-state index contributed by atoms with van der Waals surface area (Å²) in [6, 6.07) is 1.44. The molecule has 1 atom stereocenters. The van der Waals surface area contributed by atoms with Crippen molar-refractivity contribution < 1.29 is 4.74 Å². The molecule has 6 heteroatoms. The van der Waals surface area contributed by atoms with E-state index in [1.165, 1.54) is 19.3 Å². The van der Waals surface area contributed by atoms with E-state index in [0.717, 1.165) is 51.3 Å². The molecule has 1 aliphatic heterocycles. The molecule has 0 aromatic rings. The Labute approximate surface area is 159 Å². The van der Waals surface area contributed by atoms with Crippen LogP contribution in [0.3, 0.4) is 0 Å². The van der Waals surface area contributed by atoms with Crippen LogP contribution in [0.1, 0.15) is 40.0 Å². The molecule has 136 valence electrons. The van der Waals surface area contributed by atoms with E-state index < -0.39 is 0 Å². The number of rotatable bonds is 8. The van der Waals surface area contributed by atoms with Crippen LogP contribution in [0.15, 0.2) is 4.99 Å². The quantitative estimate of drug-likeness (QED) is 0.359. The molecule has 2 aliphatic rings. The number of halogens is 1. The second-order valence-electron chi connectivity index (χ2n) is 6.85. The fourth-order valence-electron chi connectivity index (χ4n) is 3.36. The topological polar surface area (TPSA) is 40.1 Å². The summed E-state index contributed by atoms with van der Waals surface area (Å²) in [5, 5.41) is 3.45. The maximum atomic E-state index is 5.29. The van der Waals surface area contributed by atoms with Crippen LogP contribution >= 0.6 is 24.0 Å². The van der Waals surface area contributed by atoms with Gasteiger partial charge in [-0.05, 0) is 40.0 Å².